The van der Waals surface area contributed by atoms with Crippen LogP contribution in [0.3, 0.4) is 0 Å². The standard InChI is InChI=1S/C59H50F8N8O13/c1-85-51(79)15-13-42(55(82)74-45(20-35-24-68-28-69-35)57(84)73-43(22-52(80)86-2)48(78)27-87-36-6-4-3-5-7-36)72-56(83)44(17-31-25-75(59(65,66)67)46-18-33(58(62,63)64)9-12-37(31)46)70-29-71-54(81)30-8-11-38(32(16-30)26-76)53-39-19-34(60)10-14-49(39)88-50-23-47(77)41(61)21-40(50)53/h3-12,14,16,18-19,21,23-26,28,42-45,70H,13,15,17,20,22,27,29H2,1-2H3,(H,68,69)(H,71,81)(H,72,83)(H,73,84)(H,74,82). The summed E-state index contributed by atoms with van der Waals surface area (Å²) in [4.78, 5) is 128. The number of aromatic amines is 1. The van der Waals surface area contributed by atoms with E-state index in [2.05, 4.69) is 36.6 Å². The zero-order valence-electron chi connectivity index (χ0n) is 46.0. The molecule has 21 nitrogen and oxygen atoms in total. The van der Waals surface area contributed by atoms with Gasteiger partial charge in [0.1, 0.15) is 47.6 Å². The minimum Gasteiger partial charge on any atom is -0.486 e. The molecule has 1 aliphatic carbocycles. The van der Waals surface area contributed by atoms with Crippen molar-refractivity contribution in [3.8, 4) is 28.2 Å². The average Bonchev–Trinajstić information content (AvgIpc) is 1.46. The predicted molar refractivity (Wildman–Crippen MR) is 294 cm³/mol. The van der Waals surface area contributed by atoms with E-state index in [1.165, 1.54) is 42.9 Å². The number of esters is 2. The Balaban J connectivity index is 1.09. The number of ether oxygens (including phenoxy) is 3. The van der Waals surface area contributed by atoms with E-state index in [1.807, 2.05) is 0 Å². The van der Waals surface area contributed by atoms with E-state index in [0.717, 1.165) is 50.6 Å². The quantitative estimate of drug-likeness (QED) is 0.0116. The van der Waals surface area contributed by atoms with Crippen LogP contribution in [0.15, 0.2) is 125 Å². The number of halogens is 8. The topological polar surface area (TPSA) is 288 Å². The maximum absolute atomic E-state index is 14.8. The molecule has 2 aromatic heterocycles. The first-order valence-electron chi connectivity index (χ1n) is 26.3. The van der Waals surface area contributed by atoms with Crippen molar-refractivity contribution >= 4 is 69.5 Å². The first-order valence-corrected chi connectivity index (χ1v) is 26.3. The third-order valence-electron chi connectivity index (χ3n) is 13.8. The molecule has 0 saturated heterocycles. The predicted octanol–water partition coefficient (Wildman–Crippen LogP) is 6.58. The Bertz CT molecular complexity index is 3970. The number of nitrogens with zero attached hydrogens (tertiary/aromatic N) is 2. The lowest BCUT2D eigenvalue weighted by Gasteiger charge is -2.26. The van der Waals surface area contributed by atoms with Crippen molar-refractivity contribution in [2.45, 2.75) is 68.7 Å². The molecule has 4 atom stereocenters. The van der Waals surface area contributed by atoms with Gasteiger partial charge in [0.2, 0.25) is 23.2 Å². The summed E-state index contributed by atoms with van der Waals surface area (Å²) >= 11 is 0. The van der Waals surface area contributed by atoms with Gasteiger partial charge in [0, 0.05) is 70.0 Å². The van der Waals surface area contributed by atoms with E-state index < -0.39 is 161 Å². The Labute approximate surface area is 491 Å². The van der Waals surface area contributed by atoms with Crippen LogP contribution in [0.4, 0.5) is 35.1 Å². The van der Waals surface area contributed by atoms with Crippen LogP contribution in [-0.2, 0) is 63.6 Å². The summed E-state index contributed by atoms with van der Waals surface area (Å²) in [5, 5.41) is 12.0. The number of aromatic nitrogens is 3. The molecular weight excluding hydrogens is 1180 g/mol. The van der Waals surface area contributed by atoms with E-state index in [4.69, 9.17) is 18.6 Å². The van der Waals surface area contributed by atoms with Gasteiger partial charge >= 0.3 is 24.4 Å². The molecule has 0 fully saturated rings. The number of imidazole rings is 1. The van der Waals surface area contributed by atoms with Gasteiger partial charge in [0.15, 0.2) is 17.9 Å². The summed E-state index contributed by atoms with van der Waals surface area (Å²) < 4.78 is 135. The van der Waals surface area contributed by atoms with Gasteiger partial charge in [0.05, 0.1) is 50.8 Å². The molecule has 1 aliphatic heterocycles. The summed E-state index contributed by atoms with van der Waals surface area (Å²) in [5.41, 5.74) is -4.02. The summed E-state index contributed by atoms with van der Waals surface area (Å²) in [7, 11) is 2.04. The van der Waals surface area contributed by atoms with Crippen molar-refractivity contribution in [2.24, 2.45) is 0 Å². The number of fused-ring (bicyclic) bond motifs is 3. The molecule has 8 rings (SSSR count). The normalized spacial score (nSPS) is 13.0. The van der Waals surface area contributed by atoms with Crippen molar-refractivity contribution < 1.29 is 92.1 Å². The van der Waals surface area contributed by atoms with Gasteiger partial charge in [-0.15, -0.1) is 13.2 Å². The Kier molecular flexibility index (Phi) is 19.8. The molecule has 2 aliphatic rings. The number of amides is 4. The van der Waals surface area contributed by atoms with Crippen LogP contribution in [0.5, 0.6) is 5.75 Å². The lowest BCUT2D eigenvalue weighted by atomic mass is 9.90. The molecule has 3 heterocycles. The highest BCUT2D eigenvalue weighted by atomic mass is 19.4. The lowest BCUT2D eigenvalue weighted by molar-refractivity contribution is -0.200. The Morgan fingerprint density at radius 2 is 1.45 bits per heavy atom. The summed E-state index contributed by atoms with van der Waals surface area (Å²) in [6.45, 7) is -1.41. The van der Waals surface area contributed by atoms with Crippen LogP contribution in [0, 0.1) is 11.6 Å². The number of alkyl halides is 6. The number of carbonyl (C=O) groups is 8. The van der Waals surface area contributed by atoms with Crippen LogP contribution >= 0.6 is 0 Å². The maximum Gasteiger partial charge on any atom is 0.488 e. The van der Waals surface area contributed by atoms with Gasteiger partial charge < -0.3 is 44.9 Å². The van der Waals surface area contributed by atoms with Crippen LogP contribution in [0.2, 0.25) is 0 Å². The minimum absolute atomic E-state index is 0.0257. The number of carbonyl (C=O) groups excluding carboxylic acids is 8. The molecule has 4 unspecified atom stereocenters. The van der Waals surface area contributed by atoms with E-state index in [9.17, 15) is 78.3 Å². The van der Waals surface area contributed by atoms with Gasteiger partial charge in [-0.05, 0) is 84.6 Å². The summed E-state index contributed by atoms with van der Waals surface area (Å²) in [6, 6.07) is 11.1. The highest BCUT2D eigenvalue weighted by Crippen LogP contribution is 2.42. The van der Waals surface area contributed by atoms with Crippen molar-refractivity contribution in [1.29, 1.82) is 0 Å². The zero-order chi connectivity index (χ0) is 63.6. The van der Waals surface area contributed by atoms with Crippen LogP contribution < -0.4 is 36.7 Å². The number of methoxy groups -OCH3 is 2. The average molecular weight is 1230 g/mol. The largest absolute Gasteiger partial charge is 0.488 e. The second-order valence-corrected chi connectivity index (χ2v) is 19.6. The first-order chi connectivity index (χ1) is 41.8. The Hall–Kier alpha value is -10.3. The monoisotopic (exact) mass is 1230 g/mol. The molecule has 0 saturated carbocycles. The Morgan fingerprint density at radius 1 is 0.750 bits per heavy atom. The van der Waals surface area contributed by atoms with E-state index in [0.29, 0.717) is 18.5 Å². The fraction of sp³-hybridized carbons (Fsp3) is 0.254. The number of rotatable bonds is 25. The number of hydrogen-bond donors (Lipinski definition) is 6. The molecule has 0 spiro atoms. The SMILES string of the molecule is COC(=O)CCC(NC(=O)C(Cc1cn(C(F)(F)F)c2cc(C(F)(F)F)ccc12)NCNC(=O)c1ccc(-c2c3cc(F)c(=O)cc-3oc3ccc(F)cc23)c(C=O)c1)C(=O)NC(Cc1cnc[nH]1)C(=O)NC(CC(=O)OC)C(=O)COc1ccccc1. The molecule has 6 N–H and O–H groups in total. The number of ketones is 1. The highest BCUT2D eigenvalue weighted by molar-refractivity contribution is 6.07. The number of hydrogen-bond acceptors (Lipinski definition) is 15. The summed E-state index contributed by atoms with van der Waals surface area (Å²) in [6.07, 6.45) is -10.2. The van der Waals surface area contributed by atoms with Gasteiger partial charge in [-0.3, -0.25) is 53.0 Å². The Morgan fingerprint density at radius 3 is 2.14 bits per heavy atom. The van der Waals surface area contributed by atoms with E-state index >= 15 is 0 Å². The molecule has 0 bridgehead atoms. The zero-order valence-corrected chi connectivity index (χ0v) is 46.0. The third kappa shape index (κ3) is 15.4. The fourth-order valence-corrected chi connectivity index (χ4v) is 9.41. The van der Waals surface area contributed by atoms with Crippen molar-refractivity contribution in [3.63, 3.8) is 0 Å². The number of aldehydes is 1. The van der Waals surface area contributed by atoms with E-state index in [1.54, 1.807) is 18.2 Å². The second-order valence-electron chi connectivity index (χ2n) is 19.6. The van der Waals surface area contributed by atoms with Crippen LogP contribution in [-0.4, -0.2) is 114 Å². The fourth-order valence-electron chi connectivity index (χ4n) is 9.41. The van der Waals surface area contributed by atoms with E-state index in [-0.39, 0.29) is 67.6 Å². The molecule has 88 heavy (non-hydrogen) atoms. The smallest absolute Gasteiger partial charge is 0.486 e. The maximum atomic E-state index is 14.8. The molecule has 29 heteroatoms. The number of benzene rings is 5. The van der Waals surface area contributed by atoms with Gasteiger partial charge in [0.25, 0.3) is 5.91 Å². The number of para-hydroxylation sites is 1. The lowest BCUT2D eigenvalue weighted by Crippen LogP contribution is -2.59. The molecule has 4 aromatic carbocycles. The summed E-state index contributed by atoms with van der Waals surface area (Å²) in [5.74, 6) is -8.96. The third-order valence-corrected chi connectivity index (χ3v) is 13.8. The second kappa shape index (κ2) is 27.4. The number of nitrogens with one attached hydrogen (secondary N) is 6. The molecule has 4 amide bonds. The minimum atomic E-state index is -5.32. The van der Waals surface area contributed by atoms with Crippen LogP contribution in [0.25, 0.3) is 44.3 Å². The number of H-pyrrole nitrogens is 1. The number of Topliss-reactive ketones (excluding diaryl/α,β-unsaturated/α-hetero) is 1. The molecular formula is C59H50F8N8O13. The van der Waals surface area contributed by atoms with Crippen molar-refractivity contribution in [2.75, 3.05) is 27.5 Å². The van der Waals surface area contributed by atoms with Crippen LogP contribution in [0.1, 0.15) is 56.8 Å². The van der Waals surface area contributed by atoms with Gasteiger partial charge in [-0.1, -0.05) is 30.3 Å². The molecule has 6 aromatic rings. The molecule has 0 radical (unpaired) electrons. The van der Waals surface area contributed by atoms with Gasteiger partial charge in [-0.2, -0.15) is 13.2 Å². The van der Waals surface area contributed by atoms with Gasteiger partial charge in [-0.25, -0.2) is 13.8 Å². The first kappa shape index (κ1) is 63.7. The van der Waals surface area contributed by atoms with Crippen molar-refractivity contribution in [3.05, 3.63) is 166 Å². The highest BCUT2D eigenvalue weighted by Gasteiger charge is 2.38. The molecule has 460 valence electrons. The van der Waals surface area contributed by atoms with Crippen molar-refractivity contribution in [1.82, 2.24) is 41.1 Å².